The molecule has 2 aromatic rings. The van der Waals surface area contributed by atoms with Gasteiger partial charge in [0.15, 0.2) is 5.78 Å². The van der Waals surface area contributed by atoms with E-state index in [4.69, 9.17) is 46.4 Å². The third-order valence-corrected chi connectivity index (χ3v) is 3.52. The number of carbonyl (C=O) groups excluding carboxylic acids is 2. The summed E-state index contributed by atoms with van der Waals surface area (Å²) < 4.78 is 0. The number of carbonyl (C=O) groups is 2. The zero-order valence-electron chi connectivity index (χ0n) is 11.0. The van der Waals surface area contributed by atoms with Crippen molar-refractivity contribution in [1.29, 1.82) is 0 Å². The van der Waals surface area contributed by atoms with Crippen molar-refractivity contribution in [3.63, 3.8) is 0 Å². The number of amides is 1. The number of Topliss-reactive ketones (excluding diaryl/α,β-unsaturated/α-hetero) is 1. The van der Waals surface area contributed by atoms with Gasteiger partial charge in [-0.3, -0.25) is 9.59 Å². The van der Waals surface area contributed by atoms with Gasteiger partial charge in [-0.2, -0.15) is 0 Å². The number of ketones is 1. The third kappa shape index (κ3) is 4.89. The molecule has 0 atom stereocenters. The standard InChI is InChI=1S/C15H9Cl4NO2/c16-9-1-8(2-10(17)3-9)14(21)7-15(22)20-13-5-11(18)4-12(19)6-13/h1-6H,7H2,(H,20,22). The molecule has 2 rings (SSSR count). The molecule has 0 saturated carbocycles. The van der Waals surface area contributed by atoms with E-state index in [1.807, 2.05) is 0 Å². The highest BCUT2D eigenvalue weighted by molar-refractivity contribution is 6.36. The van der Waals surface area contributed by atoms with Crippen LogP contribution in [0, 0.1) is 0 Å². The molecule has 0 aliphatic heterocycles. The lowest BCUT2D eigenvalue weighted by atomic mass is 10.1. The quantitative estimate of drug-likeness (QED) is 0.564. The van der Waals surface area contributed by atoms with Crippen LogP contribution < -0.4 is 5.32 Å². The van der Waals surface area contributed by atoms with Crippen molar-refractivity contribution >= 4 is 63.8 Å². The van der Waals surface area contributed by atoms with E-state index in [1.165, 1.54) is 36.4 Å². The smallest absolute Gasteiger partial charge is 0.232 e. The molecule has 0 radical (unpaired) electrons. The molecule has 0 aliphatic rings. The molecule has 0 spiro atoms. The second kappa shape index (κ2) is 7.34. The zero-order valence-corrected chi connectivity index (χ0v) is 14.0. The molecule has 0 aliphatic carbocycles. The lowest BCUT2D eigenvalue weighted by Crippen LogP contribution is -2.16. The molecular weight excluding hydrogens is 368 g/mol. The number of benzene rings is 2. The van der Waals surface area contributed by atoms with Crippen LogP contribution in [0.5, 0.6) is 0 Å². The fourth-order valence-electron chi connectivity index (χ4n) is 1.79. The Morgan fingerprint density at radius 1 is 0.773 bits per heavy atom. The second-order valence-corrected chi connectivity index (χ2v) is 6.21. The van der Waals surface area contributed by atoms with Crippen LogP contribution in [-0.4, -0.2) is 11.7 Å². The summed E-state index contributed by atoms with van der Waals surface area (Å²) in [6.07, 6.45) is -0.346. The molecule has 1 amide bonds. The Morgan fingerprint density at radius 2 is 1.23 bits per heavy atom. The van der Waals surface area contributed by atoms with Gasteiger partial charge in [0, 0.05) is 31.3 Å². The monoisotopic (exact) mass is 375 g/mol. The summed E-state index contributed by atoms with van der Waals surface area (Å²) in [5.74, 6) is -0.880. The van der Waals surface area contributed by atoms with E-state index in [0.717, 1.165) is 0 Å². The summed E-state index contributed by atoms with van der Waals surface area (Å²) in [4.78, 5) is 24.0. The molecule has 0 fully saturated rings. The first-order valence-electron chi connectivity index (χ1n) is 6.09. The first-order valence-corrected chi connectivity index (χ1v) is 7.60. The van der Waals surface area contributed by atoms with Gasteiger partial charge in [0.05, 0.1) is 6.42 Å². The van der Waals surface area contributed by atoms with Gasteiger partial charge in [-0.1, -0.05) is 46.4 Å². The highest BCUT2D eigenvalue weighted by Crippen LogP contribution is 2.23. The van der Waals surface area contributed by atoms with Gasteiger partial charge < -0.3 is 5.32 Å². The van der Waals surface area contributed by atoms with Crippen LogP contribution in [0.3, 0.4) is 0 Å². The third-order valence-electron chi connectivity index (χ3n) is 2.65. The van der Waals surface area contributed by atoms with Crippen LogP contribution in [-0.2, 0) is 4.79 Å². The molecule has 0 saturated heterocycles. The van der Waals surface area contributed by atoms with E-state index < -0.39 is 11.7 Å². The van der Waals surface area contributed by atoms with Gasteiger partial charge in [0.2, 0.25) is 5.91 Å². The predicted octanol–water partition coefficient (Wildman–Crippen LogP) is 5.51. The Kier molecular flexibility index (Phi) is 5.70. The molecular formula is C15H9Cl4NO2. The first-order chi connectivity index (χ1) is 10.3. The maximum atomic E-state index is 12.1. The maximum absolute atomic E-state index is 12.1. The lowest BCUT2D eigenvalue weighted by Gasteiger charge is -2.06. The molecule has 3 nitrogen and oxygen atoms in total. The van der Waals surface area contributed by atoms with Gasteiger partial charge in [0.25, 0.3) is 0 Å². The molecule has 2 aromatic carbocycles. The number of halogens is 4. The van der Waals surface area contributed by atoms with Gasteiger partial charge in [-0.05, 0) is 36.4 Å². The average molecular weight is 377 g/mol. The predicted molar refractivity (Wildman–Crippen MR) is 90.5 cm³/mol. The molecule has 0 bridgehead atoms. The topological polar surface area (TPSA) is 46.2 Å². The Bertz CT molecular complexity index is 706. The highest BCUT2D eigenvalue weighted by atomic mass is 35.5. The van der Waals surface area contributed by atoms with Crippen LogP contribution in [0.4, 0.5) is 5.69 Å². The Balaban J connectivity index is 2.06. The SMILES string of the molecule is O=C(CC(=O)c1cc(Cl)cc(Cl)c1)Nc1cc(Cl)cc(Cl)c1. The number of anilines is 1. The lowest BCUT2D eigenvalue weighted by molar-refractivity contribution is -0.115. The van der Waals surface area contributed by atoms with Gasteiger partial charge in [0.1, 0.15) is 0 Å². The van der Waals surface area contributed by atoms with E-state index in [9.17, 15) is 9.59 Å². The minimum Gasteiger partial charge on any atom is -0.326 e. The second-order valence-electron chi connectivity index (χ2n) is 4.46. The minimum atomic E-state index is -0.487. The summed E-state index contributed by atoms with van der Waals surface area (Å²) in [5.41, 5.74) is 0.691. The number of hydrogen-bond donors (Lipinski definition) is 1. The minimum absolute atomic E-state index is 0.275. The summed E-state index contributed by atoms with van der Waals surface area (Å²) >= 11 is 23.3. The van der Waals surface area contributed by atoms with Crippen molar-refractivity contribution in [1.82, 2.24) is 0 Å². The first kappa shape index (κ1) is 17.1. The van der Waals surface area contributed by atoms with Gasteiger partial charge >= 0.3 is 0 Å². The van der Waals surface area contributed by atoms with Crippen molar-refractivity contribution in [3.05, 3.63) is 62.1 Å². The molecule has 7 heteroatoms. The fraction of sp³-hybridized carbons (Fsp3) is 0.0667. The zero-order chi connectivity index (χ0) is 16.3. The van der Waals surface area contributed by atoms with E-state index in [-0.39, 0.29) is 12.0 Å². The molecule has 22 heavy (non-hydrogen) atoms. The molecule has 0 unspecified atom stereocenters. The normalized spacial score (nSPS) is 10.4. The maximum Gasteiger partial charge on any atom is 0.232 e. The van der Waals surface area contributed by atoms with Crippen LogP contribution in [0.15, 0.2) is 36.4 Å². The van der Waals surface area contributed by atoms with Crippen LogP contribution in [0.25, 0.3) is 0 Å². The van der Waals surface area contributed by atoms with E-state index in [0.29, 0.717) is 25.8 Å². The van der Waals surface area contributed by atoms with Crippen LogP contribution in [0.1, 0.15) is 16.8 Å². The van der Waals surface area contributed by atoms with Crippen molar-refractivity contribution in [2.24, 2.45) is 0 Å². The molecule has 114 valence electrons. The Hall–Kier alpha value is -1.26. The summed E-state index contributed by atoms with van der Waals surface area (Å²) in [5, 5.41) is 3.99. The molecule has 0 heterocycles. The summed E-state index contributed by atoms with van der Waals surface area (Å²) in [6.45, 7) is 0. The van der Waals surface area contributed by atoms with Crippen molar-refractivity contribution in [3.8, 4) is 0 Å². The van der Waals surface area contributed by atoms with Crippen molar-refractivity contribution < 1.29 is 9.59 Å². The Morgan fingerprint density at radius 3 is 1.73 bits per heavy atom. The Labute approximate surface area is 147 Å². The number of rotatable bonds is 4. The van der Waals surface area contributed by atoms with Crippen LogP contribution in [0.2, 0.25) is 20.1 Å². The molecule has 1 N–H and O–H groups in total. The average Bonchev–Trinajstić information content (AvgIpc) is 2.35. The fourth-order valence-corrected chi connectivity index (χ4v) is 2.85. The van der Waals surface area contributed by atoms with Crippen molar-refractivity contribution in [2.45, 2.75) is 6.42 Å². The van der Waals surface area contributed by atoms with E-state index >= 15 is 0 Å². The van der Waals surface area contributed by atoms with Gasteiger partial charge in [-0.15, -0.1) is 0 Å². The van der Waals surface area contributed by atoms with Crippen molar-refractivity contribution in [2.75, 3.05) is 5.32 Å². The highest BCUT2D eigenvalue weighted by Gasteiger charge is 2.14. The van der Waals surface area contributed by atoms with E-state index in [2.05, 4.69) is 5.32 Å². The van der Waals surface area contributed by atoms with Crippen LogP contribution >= 0.6 is 46.4 Å². The summed E-state index contributed by atoms with van der Waals surface area (Å²) in [6, 6.07) is 9.03. The van der Waals surface area contributed by atoms with Gasteiger partial charge in [-0.25, -0.2) is 0 Å². The number of hydrogen-bond acceptors (Lipinski definition) is 2. The largest absolute Gasteiger partial charge is 0.326 e. The summed E-state index contributed by atoms with van der Waals surface area (Å²) in [7, 11) is 0. The van der Waals surface area contributed by atoms with E-state index in [1.54, 1.807) is 0 Å². The number of nitrogens with one attached hydrogen (secondary N) is 1. The molecule has 0 aromatic heterocycles.